The van der Waals surface area contributed by atoms with E-state index >= 15 is 0 Å². The van der Waals surface area contributed by atoms with Crippen molar-refractivity contribution in [1.82, 2.24) is 4.90 Å². The van der Waals surface area contributed by atoms with Gasteiger partial charge in [0.2, 0.25) is 9.84 Å². The van der Waals surface area contributed by atoms with Gasteiger partial charge in [0.25, 0.3) is 0 Å². The molecule has 0 aliphatic heterocycles. The highest BCUT2D eigenvalue weighted by molar-refractivity contribution is 7.96. The summed E-state index contributed by atoms with van der Waals surface area (Å²) in [5.41, 5.74) is 0. The topological polar surface area (TPSA) is 63.7 Å². The van der Waals surface area contributed by atoms with E-state index in [0.717, 1.165) is 13.3 Å². The van der Waals surface area contributed by atoms with Crippen molar-refractivity contribution in [1.29, 1.82) is 0 Å². The Morgan fingerprint density at radius 2 is 1.70 bits per heavy atom. The SMILES string of the molecule is COC(=O)/C(=C\N(C)C)S(=O)(=O)c1cc(Cl)cc(Cl)c1. The number of methoxy groups -OCH3 is 1. The molecule has 0 spiro atoms. The Morgan fingerprint density at radius 1 is 1.20 bits per heavy atom. The Balaban J connectivity index is 3.48. The summed E-state index contributed by atoms with van der Waals surface area (Å²) >= 11 is 11.6. The van der Waals surface area contributed by atoms with Gasteiger partial charge < -0.3 is 9.64 Å². The van der Waals surface area contributed by atoms with E-state index < -0.39 is 20.7 Å². The molecule has 0 saturated carbocycles. The van der Waals surface area contributed by atoms with Crippen LogP contribution >= 0.6 is 23.2 Å². The minimum Gasteiger partial charge on any atom is -0.465 e. The van der Waals surface area contributed by atoms with Crippen LogP contribution in [-0.2, 0) is 19.4 Å². The van der Waals surface area contributed by atoms with E-state index in [1.54, 1.807) is 14.1 Å². The lowest BCUT2D eigenvalue weighted by Crippen LogP contribution is -2.18. The second kappa shape index (κ2) is 6.47. The predicted octanol–water partition coefficient (Wildman–Crippen LogP) is 2.34. The molecule has 8 heteroatoms. The van der Waals surface area contributed by atoms with E-state index in [1.165, 1.54) is 23.1 Å². The Labute approximate surface area is 127 Å². The third-order valence-corrected chi connectivity index (χ3v) is 4.34. The molecule has 5 nitrogen and oxygen atoms in total. The normalized spacial score (nSPS) is 12.2. The van der Waals surface area contributed by atoms with Gasteiger partial charge in [0.05, 0.1) is 12.0 Å². The highest BCUT2D eigenvalue weighted by Gasteiger charge is 2.29. The first-order valence-electron chi connectivity index (χ1n) is 5.36. The fraction of sp³-hybridized carbons (Fsp3) is 0.250. The molecule has 0 aromatic heterocycles. The van der Waals surface area contributed by atoms with Gasteiger partial charge in [-0.3, -0.25) is 0 Å². The molecule has 0 heterocycles. The zero-order valence-electron chi connectivity index (χ0n) is 11.1. The molecule has 0 N–H and O–H groups in total. The molecule has 0 fully saturated rings. The summed E-state index contributed by atoms with van der Waals surface area (Å²) in [6.07, 6.45) is 1.16. The number of hydrogen-bond donors (Lipinski definition) is 0. The first kappa shape index (κ1) is 16.8. The zero-order valence-corrected chi connectivity index (χ0v) is 13.4. The van der Waals surface area contributed by atoms with Crippen molar-refractivity contribution in [2.75, 3.05) is 21.2 Å². The van der Waals surface area contributed by atoms with Crippen molar-refractivity contribution in [3.63, 3.8) is 0 Å². The van der Waals surface area contributed by atoms with Gasteiger partial charge in [-0.1, -0.05) is 23.2 Å². The molecule has 0 unspecified atom stereocenters. The summed E-state index contributed by atoms with van der Waals surface area (Å²) in [5.74, 6) is -0.963. The molecule has 0 aliphatic carbocycles. The highest BCUT2D eigenvalue weighted by Crippen LogP contribution is 2.27. The van der Waals surface area contributed by atoms with Crippen LogP contribution in [0.5, 0.6) is 0 Å². The van der Waals surface area contributed by atoms with Crippen LogP contribution < -0.4 is 0 Å². The van der Waals surface area contributed by atoms with Crippen LogP contribution in [0, 0.1) is 0 Å². The number of benzene rings is 1. The van der Waals surface area contributed by atoms with E-state index in [9.17, 15) is 13.2 Å². The largest absolute Gasteiger partial charge is 0.465 e. The molecule has 0 bridgehead atoms. The molecule has 0 atom stereocenters. The van der Waals surface area contributed by atoms with Crippen LogP contribution in [-0.4, -0.2) is 40.5 Å². The number of sulfone groups is 1. The zero-order chi connectivity index (χ0) is 15.5. The minimum absolute atomic E-state index is 0.158. The number of carbonyl (C=O) groups excluding carboxylic acids is 1. The van der Waals surface area contributed by atoms with Crippen LogP contribution in [0.25, 0.3) is 0 Å². The maximum Gasteiger partial charge on any atom is 0.351 e. The number of halogens is 2. The van der Waals surface area contributed by atoms with E-state index in [-0.39, 0.29) is 14.9 Å². The maximum absolute atomic E-state index is 12.5. The van der Waals surface area contributed by atoms with Gasteiger partial charge in [0, 0.05) is 30.3 Å². The molecule has 20 heavy (non-hydrogen) atoms. The highest BCUT2D eigenvalue weighted by atomic mass is 35.5. The van der Waals surface area contributed by atoms with Gasteiger partial charge in [-0.15, -0.1) is 0 Å². The van der Waals surface area contributed by atoms with Gasteiger partial charge in [-0.2, -0.15) is 0 Å². The fourth-order valence-electron chi connectivity index (χ4n) is 1.38. The van der Waals surface area contributed by atoms with Crippen molar-refractivity contribution >= 4 is 39.0 Å². The number of hydrogen-bond acceptors (Lipinski definition) is 5. The lowest BCUT2D eigenvalue weighted by atomic mass is 10.4. The molecule has 0 amide bonds. The molecule has 0 aliphatic rings. The van der Waals surface area contributed by atoms with Crippen LogP contribution in [0.4, 0.5) is 0 Å². The minimum atomic E-state index is -4.08. The third kappa shape index (κ3) is 3.88. The molecule has 0 radical (unpaired) electrons. The molecule has 0 saturated heterocycles. The monoisotopic (exact) mass is 337 g/mol. The van der Waals surface area contributed by atoms with Gasteiger partial charge in [-0.05, 0) is 18.2 Å². The molecular weight excluding hydrogens is 325 g/mol. The molecule has 1 rings (SSSR count). The first-order valence-corrected chi connectivity index (χ1v) is 7.60. The van der Waals surface area contributed by atoms with Gasteiger partial charge in [0.1, 0.15) is 0 Å². The van der Waals surface area contributed by atoms with Crippen molar-refractivity contribution in [3.05, 3.63) is 39.3 Å². The van der Waals surface area contributed by atoms with Crippen molar-refractivity contribution in [3.8, 4) is 0 Å². The van der Waals surface area contributed by atoms with Gasteiger partial charge >= 0.3 is 5.97 Å². The summed E-state index contributed by atoms with van der Waals surface area (Å²) in [7, 11) is 0.200. The Kier molecular flexibility index (Phi) is 5.44. The Bertz CT molecular complexity index is 633. The van der Waals surface area contributed by atoms with Crippen LogP contribution in [0.1, 0.15) is 0 Å². The predicted molar refractivity (Wildman–Crippen MR) is 77.4 cm³/mol. The summed E-state index contributed by atoms with van der Waals surface area (Å²) in [6.45, 7) is 0. The summed E-state index contributed by atoms with van der Waals surface area (Å²) < 4.78 is 29.4. The number of esters is 1. The molecular formula is C12H13Cl2NO4S. The molecule has 1 aromatic carbocycles. The summed E-state index contributed by atoms with van der Waals surface area (Å²) in [5, 5.41) is 0.315. The lowest BCUT2D eigenvalue weighted by molar-refractivity contribution is -0.135. The second-order valence-corrected chi connectivity index (χ2v) is 6.85. The number of rotatable bonds is 4. The quantitative estimate of drug-likeness (QED) is 0.623. The van der Waals surface area contributed by atoms with Crippen LogP contribution in [0.15, 0.2) is 34.2 Å². The number of carbonyl (C=O) groups is 1. The van der Waals surface area contributed by atoms with E-state index in [2.05, 4.69) is 4.74 Å². The van der Waals surface area contributed by atoms with Crippen molar-refractivity contribution in [2.24, 2.45) is 0 Å². The average molecular weight is 338 g/mol. The first-order chi connectivity index (χ1) is 9.18. The van der Waals surface area contributed by atoms with Crippen LogP contribution in [0.3, 0.4) is 0 Å². The summed E-state index contributed by atoms with van der Waals surface area (Å²) in [4.78, 5) is 12.4. The number of ether oxygens (including phenoxy) is 1. The average Bonchev–Trinajstić information content (AvgIpc) is 2.33. The van der Waals surface area contributed by atoms with Gasteiger partial charge in [-0.25, -0.2) is 13.2 Å². The Hall–Kier alpha value is -1.24. The molecule has 110 valence electrons. The van der Waals surface area contributed by atoms with Crippen LogP contribution in [0.2, 0.25) is 10.0 Å². The van der Waals surface area contributed by atoms with Gasteiger partial charge in [0.15, 0.2) is 4.91 Å². The standard InChI is InChI=1S/C12H13Cl2NO4S/c1-15(2)7-11(12(16)19-3)20(17,18)10-5-8(13)4-9(14)6-10/h4-7H,1-3H3/b11-7+. The van der Waals surface area contributed by atoms with Crippen molar-refractivity contribution < 1.29 is 17.9 Å². The fourth-order valence-corrected chi connectivity index (χ4v) is 3.50. The van der Waals surface area contributed by atoms with Crippen molar-refractivity contribution in [2.45, 2.75) is 4.90 Å². The van der Waals surface area contributed by atoms with E-state index in [0.29, 0.717) is 0 Å². The molecule has 1 aromatic rings. The smallest absolute Gasteiger partial charge is 0.351 e. The maximum atomic E-state index is 12.5. The van der Waals surface area contributed by atoms with E-state index in [1.807, 2.05) is 0 Å². The Morgan fingerprint density at radius 3 is 2.10 bits per heavy atom. The summed E-state index contributed by atoms with van der Waals surface area (Å²) in [6, 6.07) is 3.83. The second-order valence-electron chi connectivity index (χ2n) is 4.06. The van der Waals surface area contributed by atoms with E-state index in [4.69, 9.17) is 23.2 Å². The lowest BCUT2D eigenvalue weighted by Gasteiger charge is -2.11. The number of nitrogens with zero attached hydrogens (tertiary/aromatic N) is 1. The third-order valence-electron chi connectivity index (χ3n) is 2.20.